The van der Waals surface area contributed by atoms with E-state index in [0.29, 0.717) is 27.3 Å². The van der Waals surface area contributed by atoms with Crippen LogP contribution < -0.4 is 5.32 Å². The molecular weight excluding hydrogens is 430 g/mol. The number of carbonyl (C=O) groups is 1. The normalized spacial score (nSPS) is 12.3. The largest absolute Gasteiger partial charge is 0.301 e. The summed E-state index contributed by atoms with van der Waals surface area (Å²) < 4.78 is 28.2. The van der Waals surface area contributed by atoms with E-state index in [1.165, 1.54) is 29.2 Å². The summed E-state index contributed by atoms with van der Waals surface area (Å²) in [6, 6.07) is 5.45. The smallest absolute Gasteiger partial charge is 0.253 e. The number of nitrogens with one attached hydrogen (secondary N) is 1. The van der Waals surface area contributed by atoms with Crippen LogP contribution in [-0.4, -0.2) is 35.7 Å². The summed E-state index contributed by atoms with van der Waals surface area (Å²) in [5.41, 5.74) is 2.63. The number of aryl methyl sites for hydroxylation is 2. The Morgan fingerprint density at radius 2 is 1.97 bits per heavy atom. The van der Waals surface area contributed by atoms with Crippen LogP contribution in [0.15, 0.2) is 34.8 Å². The second-order valence-corrected chi connectivity index (χ2v) is 8.73. The molecule has 3 aromatic heterocycles. The van der Waals surface area contributed by atoms with Crippen LogP contribution >= 0.6 is 23.1 Å². The quantitative estimate of drug-likeness (QED) is 0.461. The first-order chi connectivity index (χ1) is 14.3. The van der Waals surface area contributed by atoms with E-state index in [9.17, 15) is 13.6 Å². The number of nitrogens with zero attached hydrogens (tertiary/aromatic N) is 5. The Morgan fingerprint density at radius 3 is 2.73 bits per heavy atom. The molecule has 1 amide bonds. The second kappa shape index (κ2) is 8.07. The van der Waals surface area contributed by atoms with Crippen LogP contribution in [0.4, 0.5) is 13.9 Å². The van der Waals surface area contributed by atoms with Crippen LogP contribution in [0.2, 0.25) is 0 Å². The van der Waals surface area contributed by atoms with Crippen molar-refractivity contribution in [1.82, 2.24) is 24.6 Å². The van der Waals surface area contributed by atoms with Crippen molar-refractivity contribution in [2.75, 3.05) is 5.32 Å². The molecule has 7 nitrogen and oxygen atoms in total. The predicted octanol–water partition coefficient (Wildman–Crippen LogP) is 4.26. The van der Waals surface area contributed by atoms with Gasteiger partial charge >= 0.3 is 0 Å². The highest BCUT2D eigenvalue weighted by atomic mass is 32.2. The zero-order valence-corrected chi connectivity index (χ0v) is 17.8. The van der Waals surface area contributed by atoms with E-state index in [-0.39, 0.29) is 5.91 Å². The lowest BCUT2D eigenvalue weighted by Gasteiger charge is -2.07. The van der Waals surface area contributed by atoms with Gasteiger partial charge in [-0.2, -0.15) is 4.98 Å². The first-order valence-electron chi connectivity index (χ1n) is 8.89. The van der Waals surface area contributed by atoms with Gasteiger partial charge in [0, 0.05) is 22.3 Å². The number of benzene rings is 1. The Hall–Kier alpha value is -2.92. The third-order valence-electron chi connectivity index (χ3n) is 4.20. The van der Waals surface area contributed by atoms with Crippen molar-refractivity contribution in [3.63, 3.8) is 0 Å². The van der Waals surface area contributed by atoms with Gasteiger partial charge in [-0.05, 0) is 45.0 Å². The number of hydrogen-bond acceptors (Lipinski definition) is 7. The van der Waals surface area contributed by atoms with Crippen molar-refractivity contribution in [3.05, 3.63) is 52.7 Å². The fourth-order valence-corrected chi connectivity index (χ4v) is 4.20. The predicted molar refractivity (Wildman–Crippen MR) is 112 cm³/mol. The first kappa shape index (κ1) is 20.4. The molecule has 4 aromatic rings. The fourth-order valence-electron chi connectivity index (χ4n) is 2.74. The van der Waals surface area contributed by atoms with Crippen molar-refractivity contribution in [2.45, 2.75) is 31.2 Å². The van der Waals surface area contributed by atoms with E-state index in [1.54, 1.807) is 16.8 Å². The Morgan fingerprint density at radius 1 is 1.17 bits per heavy atom. The third-order valence-corrected chi connectivity index (χ3v) is 5.91. The lowest BCUT2D eigenvalue weighted by atomic mass is 10.2. The second-order valence-electron chi connectivity index (χ2n) is 6.56. The first-order valence-corrected chi connectivity index (χ1v) is 10.7. The zero-order chi connectivity index (χ0) is 21.4. The highest BCUT2D eigenvalue weighted by Crippen LogP contribution is 2.27. The Labute approximate surface area is 178 Å². The van der Waals surface area contributed by atoms with E-state index >= 15 is 0 Å². The molecule has 4 rings (SSSR count). The van der Waals surface area contributed by atoms with E-state index in [2.05, 4.69) is 25.4 Å². The molecule has 0 radical (unpaired) electrons. The minimum atomic E-state index is -0.948. The number of thiazole rings is 1. The highest BCUT2D eigenvalue weighted by Gasteiger charge is 2.19. The molecule has 0 saturated heterocycles. The summed E-state index contributed by atoms with van der Waals surface area (Å²) in [6.45, 7) is 5.53. The van der Waals surface area contributed by atoms with Gasteiger partial charge in [0.2, 0.25) is 11.1 Å². The number of halogens is 2. The van der Waals surface area contributed by atoms with E-state index in [0.717, 1.165) is 23.5 Å². The molecule has 154 valence electrons. The van der Waals surface area contributed by atoms with Gasteiger partial charge in [0.25, 0.3) is 5.78 Å². The molecule has 30 heavy (non-hydrogen) atoms. The summed E-state index contributed by atoms with van der Waals surface area (Å²) in [7, 11) is 0. The summed E-state index contributed by atoms with van der Waals surface area (Å²) in [6.07, 6.45) is 0. The summed E-state index contributed by atoms with van der Waals surface area (Å²) in [4.78, 5) is 25.5. The molecule has 0 bridgehead atoms. The van der Waals surface area contributed by atoms with Crippen LogP contribution in [0.3, 0.4) is 0 Å². The van der Waals surface area contributed by atoms with Crippen LogP contribution in [-0.2, 0) is 4.79 Å². The van der Waals surface area contributed by atoms with Crippen LogP contribution in [0.1, 0.15) is 18.3 Å². The average molecular weight is 447 g/mol. The van der Waals surface area contributed by atoms with Crippen molar-refractivity contribution < 1.29 is 13.6 Å². The molecular formula is C19H16F2N6OS2. The van der Waals surface area contributed by atoms with E-state index < -0.39 is 16.9 Å². The molecule has 0 spiro atoms. The number of carbonyl (C=O) groups excluding carboxylic acids is 1. The number of amides is 1. The molecule has 0 aliphatic heterocycles. The van der Waals surface area contributed by atoms with Crippen molar-refractivity contribution in [2.24, 2.45) is 0 Å². The molecule has 11 heteroatoms. The van der Waals surface area contributed by atoms with E-state index in [4.69, 9.17) is 0 Å². The number of fused-ring (bicyclic) bond motifs is 1. The fraction of sp³-hybridized carbons (Fsp3) is 0.211. The maximum atomic E-state index is 13.4. The zero-order valence-electron chi connectivity index (χ0n) is 16.2. The van der Waals surface area contributed by atoms with Gasteiger partial charge in [0.1, 0.15) is 0 Å². The van der Waals surface area contributed by atoms with Gasteiger partial charge in [0.15, 0.2) is 16.8 Å². The number of aromatic nitrogens is 5. The van der Waals surface area contributed by atoms with Gasteiger partial charge in [-0.15, -0.1) is 16.4 Å². The minimum absolute atomic E-state index is 0.272. The maximum Gasteiger partial charge on any atom is 0.253 e. The van der Waals surface area contributed by atoms with Gasteiger partial charge in [0.05, 0.1) is 10.9 Å². The molecule has 0 fully saturated rings. The highest BCUT2D eigenvalue weighted by molar-refractivity contribution is 8.00. The van der Waals surface area contributed by atoms with Crippen molar-refractivity contribution in [3.8, 4) is 11.3 Å². The number of hydrogen-bond donors (Lipinski definition) is 1. The molecule has 1 aromatic carbocycles. The van der Waals surface area contributed by atoms with Gasteiger partial charge < -0.3 is 5.32 Å². The van der Waals surface area contributed by atoms with Gasteiger partial charge in [-0.25, -0.2) is 23.3 Å². The Kier molecular flexibility index (Phi) is 5.48. The molecule has 1 atom stereocenters. The van der Waals surface area contributed by atoms with Gasteiger partial charge in [-0.1, -0.05) is 11.8 Å². The monoisotopic (exact) mass is 446 g/mol. The number of thioether (sulfide) groups is 1. The summed E-state index contributed by atoms with van der Waals surface area (Å²) in [5, 5.41) is 9.11. The topological polar surface area (TPSA) is 85.1 Å². The van der Waals surface area contributed by atoms with Crippen LogP contribution in [0, 0.1) is 25.5 Å². The van der Waals surface area contributed by atoms with Crippen LogP contribution in [0.25, 0.3) is 17.0 Å². The maximum absolute atomic E-state index is 13.4. The Bertz CT molecular complexity index is 1260. The summed E-state index contributed by atoms with van der Waals surface area (Å²) in [5.74, 6) is -1.66. The molecule has 0 saturated carbocycles. The molecule has 3 heterocycles. The molecule has 1 N–H and O–H groups in total. The van der Waals surface area contributed by atoms with Crippen molar-refractivity contribution in [1.29, 1.82) is 0 Å². The number of rotatable bonds is 5. The Balaban J connectivity index is 1.44. The van der Waals surface area contributed by atoms with Crippen LogP contribution in [0.5, 0.6) is 0 Å². The van der Waals surface area contributed by atoms with Gasteiger partial charge in [-0.3, -0.25) is 4.79 Å². The molecule has 0 aliphatic carbocycles. The summed E-state index contributed by atoms with van der Waals surface area (Å²) >= 11 is 2.41. The molecule has 0 aliphatic rings. The average Bonchev–Trinajstić information content (AvgIpc) is 3.31. The number of anilines is 1. The lowest BCUT2D eigenvalue weighted by molar-refractivity contribution is -0.115. The van der Waals surface area contributed by atoms with Crippen molar-refractivity contribution >= 4 is 39.9 Å². The van der Waals surface area contributed by atoms with E-state index in [1.807, 2.05) is 19.9 Å². The lowest BCUT2D eigenvalue weighted by Crippen LogP contribution is -2.22. The third kappa shape index (κ3) is 4.17. The standard InChI is InChI=1S/C19H16F2N6OS2/c1-9-6-10(2)27-17(22-9)25-19(26-27)30-11(3)16(28)24-18-23-15(8-29-18)12-4-5-13(20)14(21)7-12/h4-8,11H,1-3H3,(H,23,24,28)/t11-/m0/s1. The minimum Gasteiger partial charge on any atom is -0.301 e. The molecule has 0 unspecified atom stereocenters. The SMILES string of the molecule is Cc1cc(C)n2nc(S[C@@H](C)C(=O)Nc3nc(-c4ccc(F)c(F)c4)cs3)nc2n1.